The Balaban J connectivity index is 1.67. The van der Waals surface area contributed by atoms with Crippen molar-refractivity contribution in [1.29, 1.82) is 0 Å². The highest BCUT2D eigenvalue weighted by atomic mass is 79.9. The number of hydrogen-bond donors (Lipinski definition) is 0. The van der Waals surface area contributed by atoms with Gasteiger partial charge in [0, 0.05) is 17.6 Å². The summed E-state index contributed by atoms with van der Waals surface area (Å²) in [4.78, 5) is 26.5. The predicted octanol–water partition coefficient (Wildman–Crippen LogP) is 3.72. The lowest BCUT2D eigenvalue weighted by atomic mass is 9.99. The molecule has 0 aromatic heterocycles. The fourth-order valence-corrected chi connectivity index (χ4v) is 3.28. The third-order valence-electron chi connectivity index (χ3n) is 4.22. The van der Waals surface area contributed by atoms with Crippen molar-refractivity contribution in [3.8, 4) is 0 Å². The molecule has 6 heteroatoms. The van der Waals surface area contributed by atoms with Gasteiger partial charge >= 0.3 is 5.97 Å². The SMILES string of the molecule is C[C@H](OC(=O)c1cc(F)ccc1Br)C(=O)N1CCc2ccccc2C1. The molecule has 0 radical (unpaired) electrons. The molecule has 25 heavy (non-hydrogen) atoms. The van der Waals surface area contributed by atoms with E-state index in [1.54, 1.807) is 4.90 Å². The topological polar surface area (TPSA) is 46.6 Å². The Morgan fingerprint density at radius 3 is 2.68 bits per heavy atom. The minimum atomic E-state index is -0.937. The Kier molecular flexibility index (Phi) is 5.18. The molecule has 0 fully saturated rings. The zero-order valence-corrected chi connectivity index (χ0v) is 15.3. The lowest BCUT2D eigenvalue weighted by Gasteiger charge is -2.30. The second-order valence-electron chi connectivity index (χ2n) is 5.95. The van der Waals surface area contributed by atoms with Crippen LogP contribution in [-0.4, -0.2) is 29.4 Å². The fourth-order valence-electron chi connectivity index (χ4n) is 2.87. The Hall–Kier alpha value is -2.21. The van der Waals surface area contributed by atoms with E-state index in [4.69, 9.17) is 4.74 Å². The molecule has 2 aromatic rings. The minimum Gasteiger partial charge on any atom is -0.449 e. The monoisotopic (exact) mass is 405 g/mol. The first-order valence-electron chi connectivity index (χ1n) is 7.97. The van der Waals surface area contributed by atoms with E-state index in [0.29, 0.717) is 17.6 Å². The number of fused-ring (bicyclic) bond motifs is 1. The summed E-state index contributed by atoms with van der Waals surface area (Å²) in [6.45, 7) is 2.62. The molecule has 4 nitrogen and oxygen atoms in total. The van der Waals surface area contributed by atoms with Crippen LogP contribution in [0.4, 0.5) is 4.39 Å². The van der Waals surface area contributed by atoms with Crippen molar-refractivity contribution < 1.29 is 18.7 Å². The smallest absolute Gasteiger partial charge is 0.340 e. The fraction of sp³-hybridized carbons (Fsp3) is 0.263. The van der Waals surface area contributed by atoms with Crippen LogP contribution in [-0.2, 0) is 22.5 Å². The first kappa shape index (κ1) is 17.6. The summed E-state index contributed by atoms with van der Waals surface area (Å²) >= 11 is 3.19. The number of benzene rings is 2. The molecule has 3 rings (SSSR count). The van der Waals surface area contributed by atoms with E-state index >= 15 is 0 Å². The summed E-state index contributed by atoms with van der Waals surface area (Å²) in [5, 5.41) is 0. The average Bonchev–Trinajstić information content (AvgIpc) is 2.62. The highest BCUT2D eigenvalue weighted by Gasteiger charge is 2.27. The van der Waals surface area contributed by atoms with Gasteiger partial charge in [-0.2, -0.15) is 0 Å². The molecule has 0 bridgehead atoms. The van der Waals surface area contributed by atoms with Gasteiger partial charge in [0.15, 0.2) is 6.10 Å². The lowest BCUT2D eigenvalue weighted by Crippen LogP contribution is -2.42. The molecule has 1 heterocycles. The minimum absolute atomic E-state index is 0.0589. The maximum atomic E-state index is 13.3. The number of ether oxygens (including phenoxy) is 1. The van der Waals surface area contributed by atoms with Crippen molar-refractivity contribution in [2.24, 2.45) is 0 Å². The van der Waals surface area contributed by atoms with Crippen LogP contribution in [0.25, 0.3) is 0 Å². The van der Waals surface area contributed by atoms with Gasteiger partial charge < -0.3 is 9.64 Å². The molecular formula is C19H17BrFNO3. The van der Waals surface area contributed by atoms with E-state index in [1.807, 2.05) is 18.2 Å². The van der Waals surface area contributed by atoms with E-state index in [2.05, 4.69) is 22.0 Å². The van der Waals surface area contributed by atoms with Crippen molar-refractivity contribution in [3.05, 3.63) is 69.4 Å². The van der Waals surface area contributed by atoms with Crippen LogP contribution in [0.2, 0.25) is 0 Å². The van der Waals surface area contributed by atoms with E-state index in [0.717, 1.165) is 18.1 Å². The Labute approximate surface area is 153 Å². The van der Waals surface area contributed by atoms with Gasteiger partial charge in [-0.1, -0.05) is 24.3 Å². The van der Waals surface area contributed by atoms with Crippen molar-refractivity contribution in [1.82, 2.24) is 4.90 Å². The van der Waals surface area contributed by atoms with Crippen molar-refractivity contribution in [2.75, 3.05) is 6.54 Å². The summed E-state index contributed by atoms with van der Waals surface area (Å²) < 4.78 is 19.0. The Morgan fingerprint density at radius 2 is 1.92 bits per heavy atom. The second kappa shape index (κ2) is 7.35. The summed E-state index contributed by atoms with van der Waals surface area (Å²) in [5.41, 5.74) is 2.40. The van der Waals surface area contributed by atoms with E-state index in [1.165, 1.54) is 24.6 Å². The summed E-state index contributed by atoms with van der Waals surface area (Å²) in [6, 6.07) is 11.7. The predicted molar refractivity (Wildman–Crippen MR) is 94.5 cm³/mol. The highest BCUT2D eigenvalue weighted by molar-refractivity contribution is 9.10. The van der Waals surface area contributed by atoms with Gasteiger partial charge in [0.2, 0.25) is 0 Å². The number of amides is 1. The van der Waals surface area contributed by atoms with Gasteiger partial charge in [-0.25, -0.2) is 9.18 Å². The Bertz CT molecular complexity index is 824. The number of carbonyl (C=O) groups is 2. The number of esters is 1. The zero-order chi connectivity index (χ0) is 18.0. The van der Waals surface area contributed by atoms with Gasteiger partial charge in [-0.15, -0.1) is 0 Å². The molecule has 1 amide bonds. The first-order valence-corrected chi connectivity index (χ1v) is 8.76. The summed E-state index contributed by atoms with van der Waals surface area (Å²) in [5.74, 6) is -1.53. The molecule has 0 aliphatic carbocycles. The molecule has 130 valence electrons. The van der Waals surface area contributed by atoms with Crippen LogP contribution < -0.4 is 0 Å². The maximum Gasteiger partial charge on any atom is 0.340 e. The second-order valence-corrected chi connectivity index (χ2v) is 6.80. The third-order valence-corrected chi connectivity index (χ3v) is 4.91. The molecule has 1 atom stereocenters. The van der Waals surface area contributed by atoms with Gasteiger partial charge in [-0.05, 0) is 58.6 Å². The molecule has 0 spiro atoms. The lowest BCUT2D eigenvalue weighted by molar-refractivity contribution is -0.140. The number of carbonyl (C=O) groups excluding carboxylic acids is 2. The largest absolute Gasteiger partial charge is 0.449 e. The van der Waals surface area contributed by atoms with Gasteiger partial charge in [0.05, 0.1) is 5.56 Å². The molecule has 0 saturated heterocycles. The third kappa shape index (κ3) is 3.90. The van der Waals surface area contributed by atoms with Crippen LogP contribution in [0.5, 0.6) is 0 Å². The summed E-state index contributed by atoms with van der Waals surface area (Å²) in [6.07, 6.45) is -0.161. The molecule has 0 saturated carbocycles. The van der Waals surface area contributed by atoms with E-state index < -0.39 is 17.9 Å². The molecule has 0 N–H and O–H groups in total. The Morgan fingerprint density at radius 1 is 1.20 bits per heavy atom. The maximum absolute atomic E-state index is 13.3. The highest BCUT2D eigenvalue weighted by Crippen LogP contribution is 2.22. The normalized spacial score (nSPS) is 14.6. The van der Waals surface area contributed by atoms with Crippen molar-refractivity contribution in [3.63, 3.8) is 0 Å². The van der Waals surface area contributed by atoms with Gasteiger partial charge in [-0.3, -0.25) is 4.79 Å². The zero-order valence-electron chi connectivity index (χ0n) is 13.7. The van der Waals surface area contributed by atoms with E-state index in [9.17, 15) is 14.0 Å². The number of rotatable bonds is 3. The quantitative estimate of drug-likeness (QED) is 0.731. The molecular weight excluding hydrogens is 389 g/mol. The summed E-state index contributed by atoms with van der Waals surface area (Å²) in [7, 11) is 0. The molecule has 2 aromatic carbocycles. The molecule has 0 unspecified atom stereocenters. The van der Waals surface area contributed by atoms with Crippen LogP contribution >= 0.6 is 15.9 Å². The van der Waals surface area contributed by atoms with Crippen LogP contribution in [0.3, 0.4) is 0 Å². The van der Waals surface area contributed by atoms with Crippen molar-refractivity contribution in [2.45, 2.75) is 26.0 Å². The van der Waals surface area contributed by atoms with Crippen LogP contribution in [0.15, 0.2) is 46.9 Å². The molecule has 1 aliphatic rings. The van der Waals surface area contributed by atoms with Gasteiger partial charge in [0.25, 0.3) is 5.91 Å². The van der Waals surface area contributed by atoms with E-state index in [-0.39, 0.29) is 11.5 Å². The average molecular weight is 406 g/mol. The van der Waals surface area contributed by atoms with Gasteiger partial charge in [0.1, 0.15) is 5.82 Å². The number of hydrogen-bond acceptors (Lipinski definition) is 3. The van der Waals surface area contributed by atoms with Crippen LogP contribution in [0.1, 0.15) is 28.4 Å². The van der Waals surface area contributed by atoms with Crippen LogP contribution in [0, 0.1) is 5.82 Å². The van der Waals surface area contributed by atoms with Crippen molar-refractivity contribution >= 4 is 27.8 Å². The first-order chi connectivity index (χ1) is 12.0. The standard InChI is InChI=1S/C19H17BrFNO3/c1-12(25-19(24)16-10-15(21)6-7-17(16)20)18(23)22-9-8-13-4-2-3-5-14(13)11-22/h2-7,10,12H,8-9,11H2,1H3/t12-/m0/s1. The number of halogens is 2. The molecule has 1 aliphatic heterocycles. The number of nitrogens with zero attached hydrogens (tertiary/aromatic N) is 1.